The van der Waals surface area contributed by atoms with E-state index >= 15 is 0 Å². The van der Waals surface area contributed by atoms with E-state index in [-0.39, 0.29) is 6.73 Å². The highest BCUT2D eigenvalue weighted by Crippen LogP contribution is 2.20. The molecule has 0 saturated carbocycles. The maximum Gasteiger partial charge on any atom is 0.436 e. The molecule has 0 aliphatic carbocycles. The number of carbonyl (C=O) groups is 1. The van der Waals surface area contributed by atoms with Gasteiger partial charge in [0.25, 0.3) is 0 Å². The van der Waals surface area contributed by atoms with Crippen molar-refractivity contribution in [2.75, 3.05) is 30.4 Å². The zero-order valence-electron chi connectivity index (χ0n) is 22.8. The van der Waals surface area contributed by atoms with Crippen LogP contribution >= 0.6 is 0 Å². The van der Waals surface area contributed by atoms with E-state index in [2.05, 4.69) is 32.7 Å². The lowest BCUT2D eigenvalue weighted by Crippen LogP contribution is -2.40. The number of anilines is 2. The van der Waals surface area contributed by atoms with E-state index in [0.717, 1.165) is 33.7 Å². The van der Waals surface area contributed by atoms with Crippen LogP contribution in [-0.2, 0) is 35.6 Å². The Kier molecular flexibility index (Phi) is 9.04. The van der Waals surface area contributed by atoms with Gasteiger partial charge in [0, 0.05) is 42.8 Å². The average Bonchev–Trinajstić information content (AvgIpc) is 3.55. The fraction of sp³-hybridized carbons (Fsp3) is 0.462. The number of hydrogen-bond donors (Lipinski definition) is 2. The van der Waals surface area contributed by atoms with Crippen LogP contribution in [0.4, 0.5) is 16.4 Å². The van der Waals surface area contributed by atoms with Crippen LogP contribution in [0.2, 0.25) is 0 Å². The Hall–Kier alpha value is -4.10. The number of aryl methyl sites for hydroxylation is 1. The average molecular weight is 538 g/mol. The van der Waals surface area contributed by atoms with Gasteiger partial charge in [-0.3, -0.25) is 0 Å². The molecule has 0 aliphatic heterocycles. The van der Waals surface area contributed by atoms with Crippen molar-refractivity contribution >= 4 is 23.4 Å². The van der Waals surface area contributed by atoms with E-state index < -0.39 is 11.7 Å². The molecule has 0 bridgehead atoms. The van der Waals surface area contributed by atoms with Gasteiger partial charge in [0.05, 0.1) is 26.1 Å². The zero-order chi connectivity index (χ0) is 27.8. The Bertz CT molecular complexity index is 1390. The molecular formula is C26H35N9O4. The Labute approximate surface area is 226 Å². The van der Waals surface area contributed by atoms with Gasteiger partial charge in [-0.15, -0.1) is 5.10 Å². The number of fused-ring (bicyclic) bond motifs is 1. The zero-order valence-corrected chi connectivity index (χ0v) is 22.8. The second kappa shape index (κ2) is 12.6. The first-order valence-electron chi connectivity index (χ1n) is 12.9. The number of pyridine rings is 1. The number of ether oxygens (including phenoxy) is 2. The third-order valence-electron chi connectivity index (χ3n) is 5.61. The predicted octanol–water partition coefficient (Wildman–Crippen LogP) is 1.55. The van der Waals surface area contributed by atoms with Gasteiger partial charge in [-0.2, -0.15) is 14.3 Å². The third-order valence-corrected chi connectivity index (χ3v) is 5.61. The molecule has 0 atom stereocenters. The van der Waals surface area contributed by atoms with Crippen LogP contribution in [0.5, 0.6) is 0 Å². The Morgan fingerprint density at radius 3 is 2.85 bits per heavy atom. The van der Waals surface area contributed by atoms with Gasteiger partial charge >= 0.3 is 6.09 Å². The monoisotopic (exact) mass is 537 g/mol. The predicted molar refractivity (Wildman–Crippen MR) is 141 cm³/mol. The van der Waals surface area contributed by atoms with Crippen LogP contribution in [-0.4, -0.2) is 60.8 Å². The number of rotatable bonds is 12. The highest BCUT2D eigenvalue weighted by atomic mass is 16.6. The maximum atomic E-state index is 12.1. The van der Waals surface area contributed by atoms with E-state index in [0.29, 0.717) is 44.4 Å². The fourth-order valence-corrected chi connectivity index (χ4v) is 3.75. The van der Waals surface area contributed by atoms with E-state index in [1.807, 2.05) is 30.6 Å². The first-order valence-corrected chi connectivity index (χ1v) is 12.9. The molecule has 4 heterocycles. The van der Waals surface area contributed by atoms with E-state index in [4.69, 9.17) is 14.5 Å². The molecule has 0 radical (unpaired) electrons. The molecule has 39 heavy (non-hydrogen) atoms. The maximum absolute atomic E-state index is 12.1. The van der Waals surface area contributed by atoms with Crippen molar-refractivity contribution in [3.8, 4) is 0 Å². The Morgan fingerprint density at radius 1 is 1.23 bits per heavy atom. The summed E-state index contributed by atoms with van der Waals surface area (Å²) in [6.45, 7) is 9.05. The standard InChI is InChI=1S/C26H35N9O4/c1-5-20-15-30-35-23(28-14-19-7-6-10-33(16-19)18-36)13-22(31-24(20)35)27-9-12-38-11-8-21-29-17-34(32-21)25(37)39-26(2,3)4/h6-7,10,13,15-17,28H,5,8-9,11-12,14,18H2,1-4H3,(H,27,31). The summed E-state index contributed by atoms with van der Waals surface area (Å²) in [6, 6.07) is 5.72. The number of hydrogen-bond acceptors (Lipinski definition) is 10. The quantitative estimate of drug-likeness (QED) is 0.201. The number of nitrogens with zero attached hydrogens (tertiary/aromatic N) is 7. The molecular weight excluding hydrogens is 502 g/mol. The summed E-state index contributed by atoms with van der Waals surface area (Å²) in [7, 11) is 0. The minimum Gasteiger partial charge on any atom is -0.801 e. The van der Waals surface area contributed by atoms with Crippen LogP contribution in [0.25, 0.3) is 5.65 Å². The molecule has 0 saturated heterocycles. The van der Waals surface area contributed by atoms with Crippen molar-refractivity contribution in [1.29, 1.82) is 0 Å². The van der Waals surface area contributed by atoms with Crippen LogP contribution in [0, 0.1) is 0 Å². The molecule has 2 N–H and O–H groups in total. The molecule has 0 aromatic carbocycles. The van der Waals surface area contributed by atoms with Crippen molar-refractivity contribution in [2.45, 2.75) is 59.4 Å². The Morgan fingerprint density at radius 2 is 2.08 bits per heavy atom. The number of aromatic nitrogens is 7. The molecule has 0 spiro atoms. The first kappa shape index (κ1) is 27.9. The molecule has 13 heteroatoms. The molecule has 0 amide bonds. The minimum absolute atomic E-state index is 0.325. The van der Waals surface area contributed by atoms with E-state index in [1.165, 1.54) is 6.33 Å². The van der Waals surface area contributed by atoms with Crippen molar-refractivity contribution in [3.05, 3.63) is 60.1 Å². The summed E-state index contributed by atoms with van der Waals surface area (Å²) in [5.41, 5.74) is 2.20. The van der Waals surface area contributed by atoms with Gasteiger partial charge < -0.3 is 25.2 Å². The van der Waals surface area contributed by atoms with Crippen molar-refractivity contribution in [3.63, 3.8) is 0 Å². The smallest absolute Gasteiger partial charge is 0.436 e. The second-order valence-electron chi connectivity index (χ2n) is 9.87. The largest absolute Gasteiger partial charge is 0.801 e. The van der Waals surface area contributed by atoms with Crippen LogP contribution < -0.4 is 20.3 Å². The molecule has 0 fully saturated rings. The number of nitrogens with one attached hydrogen (secondary N) is 2. The molecule has 4 aromatic heterocycles. The van der Waals surface area contributed by atoms with Gasteiger partial charge in [0.15, 0.2) is 23.9 Å². The van der Waals surface area contributed by atoms with E-state index in [1.54, 1.807) is 36.1 Å². The lowest BCUT2D eigenvalue weighted by atomic mass is 10.2. The molecule has 0 aliphatic rings. The molecule has 4 rings (SSSR count). The van der Waals surface area contributed by atoms with Crippen LogP contribution in [0.3, 0.4) is 0 Å². The molecule has 0 unspecified atom stereocenters. The molecule has 4 aromatic rings. The number of carbonyl (C=O) groups excluding carboxylic acids is 1. The minimum atomic E-state index is -0.602. The van der Waals surface area contributed by atoms with Crippen LogP contribution in [0.15, 0.2) is 43.1 Å². The van der Waals surface area contributed by atoms with Gasteiger partial charge in [-0.25, -0.2) is 19.3 Å². The molecule has 208 valence electrons. The highest BCUT2D eigenvalue weighted by molar-refractivity contribution is 5.69. The Balaban J connectivity index is 1.29. The highest BCUT2D eigenvalue weighted by Gasteiger charge is 2.19. The summed E-state index contributed by atoms with van der Waals surface area (Å²) in [6.07, 6.45) is 7.46. The van der Waals surface area contributed by atoms with Crippen LogP contribution in [0.1, 0.15) is 44.6 Å². The van der Waals surface area contributed by atoms with E-state index in [9.17, 15) is 9.90 Å². The van der Waals surface area contributed by atoms with Gasteiger partial charge in [-0.1, -0.05) is 6.92 Å². The first-order chi connectivity index (χ1) is 18.8. The summed E-state index contributed by atoms with van der Waals surface area (Å²) < 4.78 is 15.5. The van der Waals surface area contributed by atoms with Crippen molar-refractivity contribution in [1.82, 2.24) is 29.4 Å². The third kappa shape index (κ3) is 7.71. The normalized spacial score (nSPS) is 11.6. The summed E-state index contributed by atoms with van der Waals surface area (Å²) in [5.74, 6) is 1.99. The second-order valence-corrected chi connectivity index (χ2v) is 9.87. The van der Waals surface area contributed by atoms with Gasteiger partial charge in [0.1, 0.15) is 23.6 Å². The lowest BCUT2D eigenvalue weighted by Gasteiger charge is -2.18. The lowest BCUT2D eigenvalue weighted by molar-refractivity contribution is -0.815. The molecule has 13 nitrogen and oxygen atoms in total. The summed E-state index contributed by atoms with van der Waals surface area (Å²) in [5, 5.41) is 26.6. The fourth-order valence-electron chi connectivity index (χ4n) is 3.75. The van der Waals surface area contributed by atoms with Gasteiger partial charge in [-0.05, 0) is 33.3 Å². The van der Waals surface area contributed by atoms with Crippen molar-refractivity contribution in [2.24, 2.45) is 0 Å². The SMILES string of the molecule is CCc1cnn2c(NCc3ccc[n+](C[O-])c3)cc(NCCOCCc3ncn(C(=O)OC(C)(C)C)n3)nc12. The summed E-state index contributed by atoms with van der Waals surface area (Å²) in [4.78, 5) is 20.9. The summed E-state index contributed by atoms with van der Waals surface area (Å²) >= 11 is 0. The topological polar surface area (TPSA) is 147 Å². The van der Waals surface area contributed by atoms with Crippen molar-refractivity contribution < 1.29 is 23.9 Å². The van der Waals surface area contributed by atoms with Gasteiger partial charge in [0.2, 0.25) is 0 Å².